The monoisotopic (exact) mass is 1240 g/mol. The first kappa shape index (κ1) is 83.9. The van der Waals surface area contributed by atoms with Crippen LogP contribution >= 0.6 is 15.2 Å². The third-order valence-corrected chi connectivity index (χ3v) is 14.1. The number of nitrogens with one attached hydrogen (secondary N) is 2. The maximum atomic E-state index is 12.2. The second kappa shape index (κ2) is 54.9. The Balaban J connectivity index is 0. The van der Waals surface area contributed by atoms with Gasteiger partial charge >= 0.3 is 108 Å². The van der Waals surface area contributed by atoms with Crippen LogP contribution in [-0.4, -0.2) is 153 Å². The second-order valence-corrected chi connectivity index (χ2v) is 23.1. The maximum Gasteiger partial charge on any atom is 1.00 e. The Morgan fingerprint density at radius 2 is 0.843 bits per heavy atom. The number of allylic oxidation sites excluding steroid dienone is 4. The Bertz CT molecular complexity index is 1880. The van der Waals surface area contributed by atoms with Crippen LogP contribution in [0.4, 0.5) is 9.59 Å². The molecule has 0 fully saturated rings. The number of fused-ring (bicyclic) bond motifs is 2. The summed E-state index contributed by atoms with van der Waals surface area (Å²) < 4.78 is 42.0. The molecule has 0 radical (unpaired) electrons. The molecule has 4 aliphatic heterocycles. The predicted octanol–water partition coefficient (Wildman–Crippen LogP) is -0.514. The van der Waals surface area contributed by atoms with Crippen LogP contribution in [0, 0.1) is 0 Å². The Morgan fingerprint density at radius 3 is 1.18 bits per heavy atom. The molecule has 0 aromatic carbocycles. The number of carbonyl (C=O) groups excluding carboxylic acids is 2. The van der Waals surface area contributed by atoms with Crippen molar-refractivity contribution in [3.8, 4) is 0 Å². The van der Waals surface area contributed by atoms with Crippen molar-refractivity contribution < 1.29 is 151 Å². The minimum absolute atomic E-state index is 0. The quantitative estimate of drug-likeness (QED) is 0.0259. The number of ether oxygens (including phenoxy) is 4. The number of amides is 2. The average molecular weight is 1240 g/mol. The van der Waals surface area contributed by atoms with E-state index >= 15 is 0 Å². The molecule has 2 amide bonds. The fourth-order valence-corrected chi connectivity index (χ4v) is 9.53. The van der Waals surface area contributed by atoms with Crippen molar-refractivity contribution in [2.24, 2.45) is 30.0 Å². The molecule has 23 nitrogen and oxygen atoms in total. The second-order valence-electron chi connectivity index (χ2n) is 20.0. The first-order valence-corrected chi connectivity index (χ1v) is 32.9. The number of hydrogen-bond donors (Lipinski definition) is 4. The Morgan fingerprint density at radius 1 is 0.518 bits per heavy atom. The van der Waals surface area contributed by atoms with E-state index in [1.165, 1.54) is 148 Å². The minimum Gasteiger partial charge on any atom is -0.857 e. The number of nitrogens with zero attached hydrogens (tertiary/aromatic N) is 8. The summed E-state index contributed by atoms with van der Waals surface area (Å²) in [6.45, 7) is 5.97. The van der Waals surface area contributed by atoms with Gasteiger partial charge in [0.15, 0.2) is 24.4 Å². The number of aliphatic imine (C=N–C) groups is 6. The van der Waals surface area contributed by atoms with Crippen molar-refractivity contribution in [3.05, 3.63) is 24.3 Å². The Hall–Kier alpha value is -1.18. The van der Waals surface area contributed by atoms with Gasteiger partial charge in [0.2, 0.25) is 0 Å². The summed E-state index contributed by atoms with van der Waals surface area (Å²) in [6.07, 6.45) is 46.0. The van der Waals surface area contributed by atoms with E-state index in [0.717, 1.165) is 52.1 Å². The first-order valence-electron chi connectivity index (χ1n) is 29.4. The molecule has 458 valence electrons. The molecule has 0 aromatic heterocycles. The first-order chi connectivity index (χ1) is 38.8. The zero-order valence-electron chi connectivity index (χ0n) is 51.2. The SMILES string of the molecule is CCCCCCCC/C=C\CCCCCCCCOC(=O)NC1=NC=NC2C1N=CN2CCOCP(=O)(O)O.CCCCCCCC/C=C\CCCCCCCCOC(=O)NC1=NC=NC2C1N=CN2CCOCP(=O)([O-])[O-].C[O-].[Na+].[Na+].[Na+]. The maximum absolute atomic E-state index is 12.2. The number of alkyl carbamates (subject to hydrolysis) is 2. The van der Waals surface area contributed by atoms with Crippen LogP contribution in [0.3, 0.4) is 0 Å². The number of unbranched alkanes of at least 4 members (excludes halogenated alkanes) is 24. The summed E-state index contributed by atoms with van der Waals surface area (Å²) in [4.78, 5) is 92.5. The smallest absolute Gasteiger partial charge is 0.857 e. The fraction of sp³-hybridized carbons (Fsp3) is 0.782. The van der Waals surface area contributed by atoms with Crippen LogP contribution in [0.25, 0.3) is 0 Å². The summed E-state index contributed by atoms with van der Waals surface area (Å²) in [5, 5.41) is 13.6. The summed E-state index contributed by atoms with van der Waals surface area (Å²) in [5.41, 5.74) is 0. The molecule has 0 saturated heterocycles. The number of rotatable bonds is 42. The molecule has 28 heteroatoms. The van der Waals surface area contributed by atoms with Gasteiger partial charge in [0.05, 0.1) is 45.5 Å². The molecule has 4 N–H and O–H groups in total. The molecular weight excluding hydrogens is 1140 g/mol. The van der Waals surface area contributed by atoms with Gasteiger partial charge in [0.1, 0.15) is 30.7 Å². The van der Waals surface area contributed by atoms with E-state index in [1.807, 2.05) is 0 Å². The van der Waals surface area contributed by atoms with E-state index in [4.69, 9.17) is 33.8 Å². The minimum atomic E-state index is -4.70. The molecule has 83 heavy (non-hydrogen) atoms. The Labute approximate surface area is 562 Å². The van der Waals surface area contributed by atoms with Gasteiger partial charge in [-0.15, -0.1) is 0 Å². The van der Waals surface area contributed by atoms with Crippen molar-refractivity contribution >= 4 is 64.4 Å². The van der Waals surface area contributed by atoms with Gasteiger partial charge < -0.3 is 58.0 Å². The summed E-state index contributed by atoms with van der Waals surface area (Å²) >= 11 is 0. The van der Waals surface area contributed by atoms with Crippen LogP contribution < -0.4 is 114 Å². The molecule has 4 aliphatic rings. The van der Waals surface area contributed by atoms with Crippen LogP contribution in [0.15, 0.2) is 54.3 Å². The van der Waals surface area contributed by atoms with Crippen LogP contribution in [0.1, 0.15) is 194 Å². The van der Waals surface area contributed by atoms with Gasteiger partial charge in [-0.05, 0) is 71.8 Å². The van der Waals surface area contributed by atoms with Crippen molar-refractivity contribution in [2.75, 3.05) is 59.3 Å². The largest absolute Gasteiger partial charge is 1.00 e. The third kappa shape index (κ3) is 44.0. The van der Waals surface area contributed by atoms with E-state index in [0.29, 0.717) is 31.4 Å². The van der Waals surface area contributed by atoms with E-state index in [1.54, 1.807) is 22.5 Å². The fourth-order valence-electron chi connectivity index (χ4n) is 8.81. The van der Waals surface area contributed by atoms with E-state index < -0.39 is 64.5 Å². The molecular formula is C55H97N10Na3O13P2. The van der Waals surface area contributed by atoms with Gasteiger partial charge in [-0.1, -0.05) is 154 Å². The van der Waals surface area contributed by atoms with Gasteiger partial charge in [0, 0.05) is 13.1 Å². The zero-order valence-corrected chi connectivity index (χ0v) is 59.0. The van der Waals surface area contributed by atoms with Crippen molar-refractivity contribution in [2.45, 2.75) is 218 Å². The average Bonchev–Trinajstić information content (AvgIpc) is 4.10. The number of hydrogen-bond acceptors (Lipinski definition) is 19. The van der Waals surface area contributed by atoms with Crippen LogP contribution in [0.2, 0.25) is 0 Å². The molecule has 0 aliphatic carbocycles. The van der Waals surface area contributed by atoms with Crippen molar-refractivity contribution in [1.82, 2.24) is 20.4 Å². The number of amidine groups is 2. The van der Waals surface area contributed by atoms with Gasteiger partial charge in [0.25, 0.3) is 0 Å². The van der Waals surface area contributed by atoms with Gasteiger partial charge in [-0.2, -0.15) is 7.11 Å². The predicted molar refractivity (Wildman–Crippen MR) is 312 cm³/mol. The van der Waals surface area contributed by atoms with Crippen molar-refractivity contribution in [1.29, 1.82) is 0 Å². The standard InChI is InChI=1S/2C27H48N5O6P.CH3O.3Na/c2*1-2-3-4-5-6-7-8-9-10-11-12-13-14-15-16-17-19-38-27(33)31-25-24-26(29-21-28-25)32(22-30-24)18-20-37-23-39(34,35)36;1-2;;;/h2*9-10,21-22,24,26H,2-8,11-20,23H2,1H3,(H2,34,35,36)(H,28,29,31,33);1H3;;;/q;;-1;3*+1/p-2/b2*10-9-;;;;. The van der Waals surface area contributed by atoms with E-state index in [9.17, 15) is 28.5 Å². The summed E-state index contributed by atoms with van der Waals surface area (Å²) in [6, 6.07) is -0.979. The topological polar surface area (TPSA) is 320 Å². The van der Waals surface area contributed by atoms with Crippen LogP contribution in [-0.2, 0) is 28.1 Å². The zero-order chi connectivity index (χ0) is 58.4. The molecule has 4 unspecified atom stereocenters. The van der Waals surface area contributed by atoms with Crippen molar-refractivity contribution in [3.63, 3.8) is 0 Å². The molecule has 4 atom stereocenters. The van der Waals surface area contributed by atoms with E-state index in [2.05, 4.69) is 78.7 Å². The van der Waals surface area contributed by atoms with Crippen LogP contribution in [0.5, 0.6) is 0 Å². The van der Waals surface area contributed by atoms with Gasteiger partial charge in [-0.3, -0.25) is 25.2 Å². The third-order valence-electron chi connectivity index (χ3n) is 13.1. The molecule has 0 aromatic rings. The summed E-state index contributed by atoms with van der Waals surface area (Å²) in [7, 11) is -8.15. The number of carbonyl (C=O) groups is 2. The molecule has 0 spiro atoms. The Kier molecular flexibility index (Phi) is 55.5. The molecule has 4 heterocycles. The molecule has 0 saturated carbocycles. The summed E-state index contributed by atoms with van der Waals surface area (Å²) in [5.74, 6) is 0.695. The molecule has 0 bridgehead atoms. The normalized spacial score (nSPS) is 17.5. The van der Waals surface area contributed by atoms with Gasteiger partial charge in [-0.25, -0.2) is 29.6 Å². The molecule has 4 rings (SSSR count). The van der Waals surface area contributed by atoms with E-state index in [-0.39, 0.29) is 108 Å².